The Hall–Kier alpha value is -3.20. The lowest BCUT2D eigenvalue weighted by atomic mass is 10.2. The molecule has 0 saturated heterocycles. The molecule has 3 rings (SSSR count). The van der Waals surface area contributed by atoms with Crippen LogP contribution in [-0.4, -0.2) is 50.8 Å². The fourth-order valence-electron chi connectivity index (χ4n) is 3.13. The number of nitrogens with one attached hydrogen (secondary N) is 2. The number of amides is 2. The predicted molar refractivity (Wildman–Crippen MR) is 105 cm³/mol. The Morgan fingerprint density at radius 1 is 1.29 bits per heavy atom. The first kappa shape index (κ1) is 19.6. The molecule has 0 spiro atoms. The Bertz CT molecular complexity index is 874. The number of nitrogens with zero attached hydrogens (tertiary/aromatic N) is 5. The van der Waals surface area contributed by atoms with Gasteiger partial charge in [-0.25, -0.2) is 4.79 Å². The molecule has 2 aromatic heterocycles. The van der Waals surface area contributed by atoms with Crippen LogP contribution in [0, 0.1) is 6.92 Å². The summed E-state index contributed by atoms with van der Waals surface area (Å²) < 4.78 is 7.09. The van der Waals surface area contributed by atoms with E-state index in [0.717, 1.165) is 24.4 Å². The third-order valence-electron chi connectivity index (χ3n) is 4.58. The van der Waals surface area contributed by atoms with Crippen molar-refractivity contribution >= 4 is 11.7 Å². The number of carbonyl (C=O) groups is 1. The van der Waals surface area contributed by atoms with E-state index >= 15 is 0 Å². The monoisotopic (exact) mass is 383 g/mol. The second-order valence-electron chi connectivity index (χ2n) is 6.36. The summed E-state index contributed by atoms with van der Waals surface area (Å²) in [6, 6.07) is 9.13. The van der Waals surface area contributed by atoms with Crippen LogP contribution < -0.4 is 10.6 Å². The molecule has 0 aliphatic heterocycles. The summed E-state index contributed by atoms with van der Waals surface area (Å²) in [6.07, 6.45) is 3.14. The highest BCUT2D eigenvalue weighted by atomic mass is 16.3. The number of hydrogen-bond acceptors (Lipinski definition) is 6. The van der Waals surface area contributed by atoms with Gasteiger partial charge in [0, 0.05) is 6.54 Å². The van der Waals surface area contributed by atoms with Crippen LogP contribution >= 0.6 is 0 Å². The molecular weight excluding hydrogens is 358 g/mol. The first-order valence-corrected chi connectivity index (χ1v) is 9.28. The molecule has 0 fully saturated rings. The van der Waals surface area contributed by atoms with Crippen molar-refractivity contribution in [3.63, 3.8) is 0 Å². The lowest BCUT2D eigenvalue weighted by Gasteiger charge is -2.28. The maximum absolute atomic E-state index is 12.6. The maximum atomic E-state index is 12.6. The van der Waals surface area contributed by atoms with Crippen LogP contribution in [0.1, 0.15) is 31.2 Å². The molecule has 1 atom stereocenters. The van der Waals surface area contributed by atoms with E-state index in [0.29, 0.717) is 17.9 Å². The van der Waals surface area contributed by atoms with Crippen LogP contribution in [-0.2, 0) is 0 Å². The van der Waals surface area contributed by atoms with Crippen molar-refractivity contribution in [1.29, 1.82) is 0 Å². The van der Waals surface area contributed by atoms with E-state index in [1.807, 2.05) is 37.3 Å². The Morgan fingerprint density at radius 3 is 2.75 bits per heavy atom. The number of aryl methyl sites for hydroxylation is 1. The number of tetrazole rings is 1. The quantitative estimate of drug-likeness (QED) is 0.620. The molecular formula is C19H25N7O2. The van der Waals surface area contributed by atoms with Gasteiger partial charge in [-0.15, -0.1) is 5.10 Å². The van der Waals surface area contributed by atoms with Gasteiger partial charge in [0.15, 0.2) is 0 Å². The van der Waals surface area contributed by atoms with Crippen molar-refractivity contribution < 1.29 is 9.21 Å². The predicted octanol–water partition coefficient (Wildman–Crippen LogP) is 2.77. The number of rotatable bonds is 8. The summed E-state index contributed by atoms with van der Waals surface area (Å²) in [5.41, 5.74) is 2.34. The third kappa shape index (κ3) is 4.55. The van der Waals surface area contributed by atoms with Gasteiger partial charge in [-0.2, -0.15) is 4.68 Å². The second kappa shape index (κ2) is 9.14. The van der Waals surface area contributed by atoms with Crippen molar-refractivity contribution in [2.45, 2.75) is 26.8 Å². The highest BCUT2D eigenvalue weighted by molar-refractivity contribution is 5.91. The molecule has 0 aliphatic rings. The van der Waals surface area contributed by atoms with Crippen molar-refractivity contribution in [3.8, 4) is 5.69 Å². The first-order chi connectivity index (χ1) is 13.6. The second-order valence-corrected chi connectivity index (χ2v) is 6.36. The van der Waals surface area contributed by atoms with Crippen molar-refractivity contribution in [2.24, 2.45) is 0 Å². The summed E-state index contributed by atoms with van der Waals surface area (Å²) in [5.74, 6) is 0.828. The van der Waals surface area contributed by atoms with E-state index in [-0.39, 0.29) is 12.1 Å². The summed E-state index contributed by atoms with van der Waals surface area (Å²) in [5, 5.41) is 17.1. The molecule has 0 radical (unpaired) electrons. The average molecular weight is 383 g/mol. The summed E-state index contributed by atoms with van der Waals surface area (Å²) in [6.45, 7) is 8.27. The Kier molecular flexibility index (Phi) is 6.38. The van der Waals surface area contributed by atoms with Gasteiger partial charge < -0.3 is 15.1 Å². The fraction of sp³-hybridized carbons (Fsp3) is 0.368. The SMILES string of the molecule is CCN(CC)C(CNC(=O)Nc1cc(C)ccc1-n1cnnn1)c1ccco1. The van der Waals surface area contributed by atoms with Crippen molar-refractivity contribution in [2.75, 3.05) is 25.0 Å². The number of likely N-dealkylation sites (N-methyl/N-ethyl adjacent to an activating group) is 1. The number of carbonyl (C=O) groups excluding carboxylic acids is 1. The van der Waals surface area contributed by atoms with Gasteiger partial charge in [0.2, 0.25) is 0 Å². The normalized spacial score (nSPS) is 12.1. The molecule has 9 nitrogen and oxygen atoms in total. The van der Waals surface area contributed by atoms with Gasteiger partial charge in [0.05, 0.1) is 23.7 Å². The van der Waals surface area contributed by atoms with Crippen LogP contribution in [0.4, 0.5) is 10.5 Å². The van der Waals surface area contributed by atoms with Gasteiger partial charge in [-0.05, 0) is 60.3 Å². The summed E-state index contributed by atoms with van der Waals surface area (Å²) in [7, 11) is 0. The number of furan rings is 1. The molecule has 2 amide bonds. The molecule has 148 valence electrons. The van der Waals surface area contributed by atoms with Gasteiger partial charge in [-0.3, -0.25) is 4.90 Å². The number of aromatic nitrogens is 4. The minimum atomic E-state index is -0.302. The Labute approximate surface area is 163 Å². The summed E-state index contributed by atoms with van der Waals surface area (Å²) >= 11 is 0. The molecule has 2 N–H and O–H groups in total. The fourth-order valence-corrected chi connectivity index (χ4v) is 3.13. The van der Waals surface area contributed by atoms with E-state index in [9.17, 15) is 4.79 Å². The zero-order valence-corrected chi connectivity index (χ0v) is 16.3. The largest absolute Gasteiger partial charge is 0.468 e. The lowest BCUT2D eigenvalue weighted by molar-refractivity contribution is 0.188. The molecule has 3 aromatic rings. The topological polar surface area (TPSA) is 101 Å². The van der Waals surface area contributed by atoms with Gasteiger partial charge >= 0.3 is 6.03 Å². The number of urea groups is 1. The van der Waals surface area contributed by atoms with Crippen LogP contribution in [0.25, 0.3) is 5.69 Å². The first-order valence-electron chi connectivity index (χ1n) is 9.28. The smallest absolute Gasteiger partial charge is 0.319 e. The molecule has 9 heteroatoms. The number of anilines is 1. The van der Waals surface area contributed by atoms with Crippen LogP contribution in [0.3, 0.4) is 0 Å². The van der Waals surface area contributed by atoms with E-state index in [1.54, 1.807) is 6.26 Å². The molecule has 1 aromatic carbocycles. The minimum Gasteiger partial charge on any atom is -0.468 e. The molecule has 2 heterocycles. The van der Waals surface area contributed by atoms with Gasteiger partial charge in [0.25, 0.3) is 0 Å². The Morgan fingerprint density at radius 2 is 2.11 bits per heavy atom. The minimum absolute atomic E-state index is 0.0350. The maximum Gasteiger partial charge on any atom is 0.319 e. The zero-order valence-electron chi connectivity index (χ0n) is 16.3. The molecule has 0 bridgehead atoms. The van der Waals surface area contributed by atoms with Crippen molar-refractivity contribution in [1.82, 2.24) is 30.4 Å². The van der Waals surface area contributed by atoms with Crippen LogP contribution in [0.5, 0.6) is 0 Å². The highest BCUT2D eigenvalue weighted by Crippen LogP contribution is 2.22. The highest BCUT2D eigenvalue weighted by Gasteiger charge is 2.21. The Balaban J connectivity index is 1.71. The molecule has 0 saturated carbocycles. The average Bonchev–Trinajstić information content (AvgIpc) is 3.39. The van der Waals surface area contributed by atoms with Gasteiger partial charge in [-0.1, -0.05) is 19.9 Å². The lowest BCUT2D eigenvalue weighted by Crippen LogP contribution is -2.39. The van der Waals surface area contributed by atoms with Gasteiger partial charge in [0.1, 0.15) is 12.1 Å². The van der Waals surface area contributed by atoms with Crippen LogP contribution in [0.15, 0.2) is 47.3 Å². The zero-order chi connectivity index (χ0) is 19.9. The number of benzene rings is 1. The van der Waals surface area contributed by atoms with E-state index in [2.05, 4.69) is 44.9 Å². The molecule has 28 heavy (non-hydrogen) atoms. The summed E-state index contributed by atoms with van der Waals surface area (Å²) in [4.78, 5) is 14.8. The molecule has 0 aliphatic carbocycles. The van der Waals surface area contributed by atoms with E-state index in [1.165, 1.54) is 11.0 Å². The van der Waals surface area contributed by atoms with Crippen molar-refractivity contribution in [3.05, 3.63) is 54.2 Å². The van der Waals surface area contributed by atoms with E-state index in [4.69, 9.17) is 4.42 Å². The third-order valence-corrected chi connectivity index (χ3v) is 4.58. The van der Waals surface area contributed by atoms with E-state index < -0.39 is 0 Å². The van der Waals surface area contributed by atoms with Crippen LogP contribution in [0.2, 0.25) is 0 Å². The molecule has 1 unspecified atom stereocenters. The number of hydrogen-bond donors (Lipinski definition) is 2. The standard InChI is InChI=1S/C19H25N7O2/c1-4-25(5-2)17(18-7-6-10-28-18)12-20-19(27)22-15-11-14(3)8-9-16(15)26-13-21-23-24-26/h6-11,13,17H,4-5,12H2,1-3H3,(H2,20,22,27).